The molecule has 3 aromatic carbocycles. The number of aryl methyl sites for hydroxylation is 1. The molecule has 2 N–H and O–H groups in total. The second kappa shape index (κ2) is 10.3. The molecule has 0 radical (unpaired) electrons. The number of para-hydroxylation sites is 1. The number of fused-ring (bicyclic) bond motifs is 1. The number of hydrogen-bond donors (Lipinski definition) is 2. The van der Waals surface area contributed by atoms with Crippen LogP contribution in [-0.2, 0) is 11.2 Å². The molecule has 1 aromatic heterocycles. The van der Waals surface area contributed by atoms with E-state index in [1.54, 1.807) is 24.3 Å². The lowest BCUT2D eigenvalue weighted by Gasteiger charge is -2.20. The number of rotatable bonds is 6. The van der Waals surface area contributed by atoms with Crippen LogP contribution in [0.1, 0.15) is 39.7 Å². The number of thiazole rings is 1. The van der Waals surface area contributed by atoms with E-state index in [-0.39, 0.29) is 17.7 Å². The molecule has 1 heterocycles. The van der Waals surface area contributed by atoms with Crippen molar-refractivity contribution in [3.63, 3.8) is 0 Å². The molecule has 176 valence electrons. The predicted molar refractivity (Wildman–Crippen MR) is 139 cm³/mol. The fraction of sp³-hybridized carbons (Fsp3) is 0.148. The minimum absolute atomic E-state index is 0.108. The van der Waals surface area contributed by atoms with E-state index in [1.807, 2.05) is 54.6 Å². The second-order valence-corrected chi connectivity index (χ2v) is 9.68. The van der Waals surface area contributed by atoms with Crippen molar-refractivity contribution >= 4 is 45.6 Å². The molecule has 5 rings (SSSR count). The number of halogens is 1. The molecule has 0 spiro atoms. The van der Waals surface area contributed by atoms with Gasteiger partial charge in [-0.15, -0.1) is 11.3 Å². The van der Waals surface area contributed by atoms with Crippen LogP contribution in [0.25, 0.3) is 0 Å². The Bertz CT molecular complexity index is 1340. The van der Waals surface area contributed by atoms with Gasteiger partial charge in [-0.1, -0.05) is 29.8 Å². The van der Waals surface area contributed by atoms with E-state index in [4.69, 9.17) is 16.3 Å². The number of amides is 2. The van der Waals surface area contributed by atoms with Gasteiger partial charge in [0.2, 0.25) is 5.91 Å². The molecular weight excluding hydrogens is 482 g/mol. The van der Waals surface area contributed by atoms with Crippen molar-refractivity contribution in [1.82, 2.24) is 4.98 Å². The average Bonchev–Trinajstić information content (AvgIpc) is 3.28. The zero-order chi connectivity index (χ0) is 24.2. The van der Waals surface area contributed by atoms with Gasteiger partial charge < -0.3 is 10.1 Å². The number of nitrogens with one attached hydrogen (secondary N) is 2. The van der Waals surface area contributed by atoms with E-state index in [0.29, 0.717) is 33.6 Å². The summed E-state index contributed by atoms with van der Waals surface area (Å²) in [6.45, 7) is 0. The molecule has 35 heavy (non-hydrogen) atoms. The molecule has 2 amide bonds. The van der Waals surface area contributed by atoms with Crippen LogP contribution in [-0.4, -0.2) is 16.8 Å². The monoisotopic (exact) mass is 503 g/mol. The van der Waals surface area contributed by atoms with Crippen LogP contribution in [0, 0.1) is 0 Å². The van der Waals surface area contributed by atoms with Gasteiger partial charge in [0.25, 0.3) is 5.91 Å². The molecule has 1 aliphatic rings. The predicted octanol–water partition coefficient (Wildman–Crippen LogP) is 6.90. The van der Waals surface area contributed by atoms with Crippen LogP contribution < -0.4 is 15.4 Å². The zero-order valence-electron chi connectivity index (χ0n) is 18.7. The number of carbonyl (C=O) groups is 2. The second-order valence-electron chi connectivity index (χ2n) is 8.16. The van der Waals surface area contributed by atoms with Crippen molar-refractivity contribution < 1.29 is 14.3 Å². The normalized spacial score (nSPS) is 14.6. The van der Waals surface area contributed by atoms with Gasteiger partial charge in [0, 0.05) is 21.2 Å². The topological polar surface area (TPSA) is 80.3 Å². The van der Waals surface area contributed by atoms with Crippen LogP contribution >= 0.6 is 22.9 Å². The summed E-state index contributed by atoms with van der Waals surface area (Å²) in [4.78, 5) is 31.3. The Morgan fingerprint density at radius 2 is 1.63 bits per heavy atom. The molecule has 6 nitrogen and oxygen atoms in total. The minimum atomic E-state index is -0.364. The van der Waals surface area contributed by atoms with Gasteiger partial charge >= 0.3 is 0 Å². The molecule has 1 atom stereocenters. The first-order chi connectivity index (χ1) is 17.0. The summed E-state index contributed by atoms with van der Waals surface area (Å²) in [5.74, 6) is 0.711. The summed E-state index contributed by atoms with van der Waals surface area (Å²) in [6, 6.07) is 23.5. The highest BCUT2D eigenvalue weighted by molar-refractivity contribution is 7.16. The Labute approximate surface area is 211 Å². The van der Waals surface area contributed by atoms with Gasteiger partial charge in [-0.05, 0) is 79.9 Å². The summed E-state index contributed by atoms with van der Waals surface area (Å²) < 4.78 is 5.81. The van der Waals surface area contributed by atoms with Crippen molar-refractivity contribution in [3.05, 3.63) is 100 Å². The van der Waals surface area contributed by atoms with Crippen molar-refractivity contribution in [2.24, 2.45) is 0 Å². The van der Waals surface area contributed by atoms with Crippen LogP contribution in [0.3, 0.4) is 0 Å². The number of hydrogen-bond acceptors (Lipinski definition) is 5. The number of aromatic nitrogens is 1. The summed E-state index contributed by atoms with van der Waals surface area (Å²) in [6.07, 6.45) is 2.45. The average molecular weight is 504 g/mol. The lowest BCUT2D eigenvalue weighted by molar-refractivity contribution is -0.117. The van der Waals surface area contributed by atoms with E-state index in [2.05, 4.69) is 15.6 Å². The lowest BCUT2D eigenvalue weighted by atomic mass is 9.90. The molecule has 1 aliphatic carbocycles. The summed E-state index contributed by atoms with van der Waals surface area (Å²) in [5.41, 5.74) is 1.93. The third-order valence-electron chi connectivity index (χ3n) is 5.70. The fourth-order valence-electron chi connectivity index (χ4n) is 3.96. The lowest BCUT2D eigenvalue weighted by Crippen LogP contribution is -2.24. The summed E-state index contributed by atoms with van der Waals surface area (Å²) >= 11 is 7.33. The molecule has 0 bridgehead atoms. The van der Waals surface area contributed by atoms with Crippen LogP contribution in [0.4, 0.5) is 10.8 Å². The van der Waals surface area contributed by atoms with Crippen LogP contribution in [0.5, 0.6) is 11.5 Å². The molecule has 0 aliphatic heterocycles. The maximum absolute atomic E-state index is 13.1. The SMILES string of the molecule is O=C(Nc1nc2c(s1)CCCC2C(=O)Nc1ccc(Oc2ccccc2)cc1)c1ccc(Cl)cc1. The molecule has 0 fully saturated rings. The number of nitrogens with zero attached hydrogens (tertiary/aromatic N) is 1. The highest BCUT2D eigenvalue weighted by Gasteiger charge is 2.30. The van der Waals surface area contributed by atoms with E-state index in [9.17, 15) is 9.59 Å². The smallest absolute Gasteiger partial charge is 0.257 e. The van der Waals surface area contributed by atoms with E-state index in [0.717, 1.165) is 29.2 Å². The van der Waals surface area contributed by atoms with E-state index >= 15 is 0 Å². The van der Waals surface area contributed by atoms with Crippen molar-refractivity contribution in [1.29, 1.82) is 0 Å². The van der Waals surface area contributed by atoms with Gasteiger partial charge in [-0.25, -0.2) is 4.98 Å². The van der Waals surface area contributed by atoms with Crippen molar-refractivity contribution in [2.45, 2.75) is 25.2 Å². The summed E-state index contributed by atoms with van der Waals surface area (Å²) in [7, 11) is 0. The van der Waals surface area contributed by atoms with Gasteiger partial charge in [0.1, 0.15) is 11.5 Å². The maximum atomic E-state index is 13.1. The molecule has 8 heteroatoms. The molecule has 0 saturated carbocycles. The number of benzene rings is 3. The molecule has 0 saturated heterocycles. The third-order valence-corrected chi connectivity index (χ3v) is 7.00. The quantitative estimate of drug-likeness (QED) is 0.300. The number of ether oxygens (including phenoxy) is 1. The Morgan fingerprint density at radius 1 is 0.914 bits per heavy atom. The van der Waals surface area contributed by atoms with Gasteiger partial charge in [0.15, 0.2) is 5.13 Å². The first kappa shape index (κ1) is 23.1. The van der Waals surface area contributed by atoms with Crippen LogP contribution in [0.15, 0.2) is 78.9 Å². The first-order valence-electron chi connectivity index (χ1n) is 11.3. The molecule has 4 aromatic rings. The summed E-state index contributed by atoms with van der Waals surface area (Å²) in [5, 5.41) is 6.91. The molecular formula is C27H22ClN3O3S. The van der Waals surface area contributed by atoms with Crippen molar-refractivity contribution in [3.8, 4) is 11.5 Å². The first-order valence-corrected chi connectivity index (χ1v) is 12.4. The fourth-order valence-corrected chi connectivity index (χ4v) is 5.14. The zero-order valence-corrected chi connectivity index (χ0v) is 20.2. The standard InChI is InChI=1S/C27H22ClN3O3S/c28-18-11-9-17(10-12-18)25(32)31-27-30-24-22(7-4-8-23(24)35-27)26(33)29-19-13-15-21(16-14-19)34-20-5-2-1-3-6-20/h1-3,5-6,9-16,22H,4,7-8H2,(H,29,33)(H,30,31,32). The Morgan fingerprint density at radius 3 is 2.37 bits per heavy atom. The van der Waals surface area contributed by atoms with E-state index < -0.39 is 0 Å². The van der Waals surface area contributed by atoms with Gasteiger partial charge in [-0.3, -0.25) is 14.9 Å². The van der Waals surface area contributed by atoms with Gasteiger partial charge in [-0.2, -0.15) is 0 Å². The van der Waals surface area contributed by atoms with Gasteiger partial charge in [0.05, 0.1) is 11.6 Å². The number of anilines is 2. The Kier molecular flexibility index (Phi) is 6.79. The molecule has 1 unspecified atom stereocenters. The maximum Gasteiger partial charge on any atom is 0.257 e. The highest BCUT2D eigenvalue weighted by atomic mass is 35.5. The minimum Gasteiger partial charge on any atom is -0.457 e. The number of carbonyl (C=O) groups excluding carboxylic acids is 2. The Balaban J connectivity index is 1.25. The Hall–Kier alpha value is -3.68. The highest BCUT2D eigenvalue weighted by Crippen LogP contribution is 2.37. The van der Waals surface area contributed by atoms with Crippen molar-refractivity contribution in [2.75, 3.05) is 10.6 Å². The third kappa shape index (κ3) is 5.53. The largest absolute Gasteiger partial charge is 0.457 e. The van der Waals surface area contributed by atoms with E-state index in [1.165, 1.54) is 11.3 Å². The van der Waals surface area contributed by atoms with Crippen LogP contribution in [0.2, 0.25) is 5.02 Å².